The van der Waals surface area contributed by atoms with Crippen LogP contribution in [0.5, 0.6) is 0 Å². The van der Waals surface area contributed by atoms with Gasteiger partial charge in [-0.2, -0.15) is 0 Å². The zero-order valence-electron chi connectivity index (χ0n) is 16.5. The molecule has 1 aliphatic carbocycles. The van der Waals surface area contributed by atoms with Gasteiger partial charge in [-0.3, -0.25) is 14.1 Å². The number of rotatable bonds is 5. The third-order valence-electron chi connectivity index (χ3n) is 5.37. The minimum atomic E-state index is -4.39. The summed E-state index contributed by atoms with van der Waals surface area (Å²) in [4.78, 5) is 28.2. The van der Waals surface area contributed by atoms with Gasteiger partial charge in [0.05, 0.1) is 5.52 Å². The molecule has 0 spiro atoms. The molecular formula is C21H13F2N3O5S2. The number of aromatic nitrogens is 2. The van der Waals surface area contributed by atoms with Crippen LogP contribution < -0.4 is 10.5 Å². The molecule has 0 radical (unpaired) electrons. The largest absolute Gasteiger partial charge is 0.421 e. The van der Waals surface area contributed by atoms with Gasteiger partial charge in [0.2, 0.25) is 0 Å². The first kappa shape index (κ1) is 21.2. The van der Waals surface area contributed by atoms with Crippen molar-refractivity contribution in [2.45, 2.75) is 16.9 Å². The molecule has 2 heterocycles. The van der Waals surface area contributed by atoms with E-state index < -0.39 is 37.8 Å². The molecule has 168 valence electrons. The highest BCUT2D eigenvalue weighted by atomic mass is 32.2. The normalized spacial score (nSPS) is 17.8. The van der Waals surface area contributed by atoms with E-state index in [0.717, 1.165) is 28.0 Å². The van der Waals surface area contributed by atoms with Gasteiger partial charge >= 0.3 is 5.76 Å². The average molecular weight is 489 g/mol. The predicted octanol–water partition coefficient (Wildman–Crippen LogP) is 3.18. The fourth-order valence-corrected chi connectivity index (χ4v) is 5.82. The van der Waals surface area contributed by atoms with Crippen LogP contribution in [0.15, 0.2) is 68.2 Å². The number of allylic oxidation sites excluding steroid dienone is 2. The number of hydrogen-bond donors (Lipinski definition) is 1. The van der Waals surface area contributed by atoms with Crippen LogP contribution in [0.25, 0.3) is 11.1 Å². The fraction of sp³-hybridized carbons (Fsp3) is 0.0952. The number of thiazole rings is 1. The highest BCUT2D eigenvalue weighted by Gasteiger charge is 2.40. The molecular weight excluding hydrogens is 476 g/mol. The maximum Gasteiger partial charge on any atom is 0.421 e. The summed E-state index contributed by atoms with van der Waals surface area (Å²) in [6.07, 6.45) is 4.94. The van der Waals surface area contributed by atoms with E-state index in [9.17, 15) is 22.4 Å². The lowest BCUT2D eigenvalue weighted by Crippen LogP contribution is -2.42. The molecule has 1 aliphatic rings. The van der Waals surface area contributed by atoms with E-state index >= 15 is 4.39 Å². The minimum absolute atomic E-state index is 0.0272. The molecule has 1 N–H and O–H groups in total. The Bertz CT molecular complexity index is 1610. The maximum absolute atomic E-state index is 15.0. The molecule has 1 unspecified atom stereocenters. The number of fused-ring (bicyclic) bond motifs is 2. The second kappa shape index (κ2) is 7.46. The van der Waals surface area contributed by atoms with E-state index in [1.807, 2.05) is 0 Å². The summed E-state index contributed by atoms with van der Waals surface area (Å²) < 4.78 is 63.0. The molecule has 2 aromatic carbocycles. The Morgan fingerprint density at radius 3 is 2.79 bits per heavy atom. The summed E-state index contributed by atoms with van der Waals surface area (Å²) in [5.74, 6) is -2.78. The molecule has 12 heteroatoms. The van der Waals surface area contributed by atoms with E-state index in [2.05, 4.69) is 9.71 Å². The maximum atomic E-state index is 15.0. The Morgan fingerprint density at radius 2 is 2.06 bits per heavy atom. The van der Waals surface area contributed by atoms with Crippen molar-refractivity contribution in [2.24, 2.45) is 0 Å². The number of aldehydes is 1. The summed E-state index contributed by atoms with van der Waals surface area (Å²) in [7, 11) is -4.39. The van der Waals surface area contributed by atoms with Crippen molar-refractivity contribution in [3.05, 3.63) is 87.4 Å². The number of benzene rings is 2. The van der Waals surface area contributed by atoms with Crippen LogP contribution in [0.3, 0.4) is 0 Å². The van der Waals surface area contributed by atoms with Crippen molar-refractivity contribution in [3.8, 4) is 0 Å². The number of sulfonamides is 1. The summed E-state index contributed by atoms with van der Waals surface area (Å²) in [5, 5.41) is 1.56. The molecule has 0 amide bonds. The molecule has 0 fully saturated rings. The zero-order chi connectivity index (χ0) is 23.4. The van der Waals surface area contributed by atoms with E-state index in [1.54, 1.807) is 0 Å². The monoisotopic (exact) mass is 489 g/mol. The van der Waals surface area contributed by atoms with E-state index in [4.69, 9.17) is 4.42 Å². The van der Waals surface area contributed by atoms with Crippen molar-refractivity contribution >= 4 is 43.9 Å². The molecule has 2 aromatic heterocycles. The number of anilines is 1. The number of hydrogen-bond acceptors (Lipinski definition) is 7. The molecule has 33 heavy (non-hydrogen) atoms. The second-order valence-electron chi connectivity index (χ2n) is 7.21. The third-order valence-corrected chi connectivity index (χ3v) is 7.54. The van der Waals surface area contributed by atoms with Crippen molar-refractivity contribution < 1.29 is 26.4 Å². The number of oxazole rings is 1. The number of halogens is 2. The molecule has 0 bridgehead atoms. The van der Waals surface area contributed by atoms with Crippen LogP contribution in [0.4, 0.5) is 13.9 Å². The molecule has 4 aromatic rings. The van der Waals surface area contributed by atoms with Crippen molar-refractivity contribution in [2.75, 3.05) is 4.72 Å². The van der Waals surface area contributed by atoms with Crippen LogP contribution in [0, 0.1) is 11.6 Å². The second-order valence-corrected chi connectivity index (χ2v) is 9.76. The molecule has 0 saturated carbocycles. The van der Waals surface area contributed by atoms with Crippen LogP contribution in [-0.2, 0) is 26.8 Å². The highest BCUT2D eigenvalue weighted by molar-refractivity contribution is 7.93. The lowest BCUT2D eigenvalue weighted by molar-refractivity contribution is -0.112. The van der Waals surface area contributed by atoms with Gasteiger partial charge in [-0.25, -0.2) is 27.0 Å². The van der Waals surface area contributed by atoms with Crippen molar-refractivity contribution in [1.29, 1.82) is 0 Å². The molecule has 5 rings (SSSR count). The highest BCUT2D eigenvalue weighted by Crippen LogP contribution is 2.36. The first-order valence-corrected chi connectivity index (χ1v) is 11.8. The predicted molar refractivity (Wildman–Crippen MR) is 116 cm³/mol. The standard InChI is InChI=1S/C21H13F2N3O5S2/c22-14-5-1-4-13-12(14)3-2-6-21(13,11-27)26-16-9-15(23)18(10-17(16)31-20(26)28)33(29,30)25-19-24-7-8-32-19/h1-2,4-11H,3H2,(H,24,25). The van der Waals surface area contributed by atoms with Crippen LogP contribution >= 0.6 is 11.3 Å². The number of nitrogens with zero attached hydrogens (tertiary/aromatic N) is 2. The molecule has 1 atom stereocenters. The fourth-order valence-electron chi connectivity index (χ4n) is 3.96. The lowest BCUT2D eigenvalue weighted by atomic mass is 9.81. The van der Waals surface area contributed by atoms with Gasteiger partial charge in [0.1, 0.15) is 16.5 Å². The zero-order valence-corrected chi connectivity index (χ0v) is 18.1. The van der Waals surface area contributed by atoms with Crippen molar-refractivity contribution in [1.82, 2.24) is 9.55 Å². The number of carbonyl (C=O) groups is 1. The Balaban J connectivity index is 1.73. The van der Waals surface area contributed by atoms with E-state index in [-0.39, 0.29) is 33.8 Å². The SMILES string of the molecule is O=CC1(n2c(=O)oc3cc(S(=O)(=O)Nc4nccs4)c(F)cc32)C=CCc2c(F)cccc21. The Labute approximate surface area is 188 Å². The van der Waals surface area contributed by atoms with Gasteiger partial charge in [0, 0.05) is 23.7 Å². The lowest BCUT2D eigenvalue weighted by Gasteiger charge is -2.31. The van der Waals surface area contributed by atoms with Crippen LogP contribution in [0.1, 0.15) is 11.1 Å². The van der Waals surface area contributed by atoms with Gasteiger partial charge < -0.3 is 4.42 Å². The first-order valence-electron chi connectivity index (χ1n) is 9.46. The van der Waals surface area contributed by atoms with Crippen LogP contribution in [0.2, 0.25) is 0 Å². The summed E-state index contributed by atoms with van der Waals surface area (Å²) in [6.45, 7) is 0. The quantitative estimate of drug-likeness (QED) is 0.341. The van der Waals surface area contributed by atoms with Gasteiger partial charge in [0.25, 0.3) is 10.0 Å². The van der Waals surface area contributed by atoms with Gasteiger partial charge in [-0.1, -0.05) is 24.3 Å². The Morgan fingerprint density at radius 1 is 1.24 bits per heavy atom. The van der Waals surface area contributed by atoms with Gasteiger partial charge in [-0.15, -0.1) is 11.3 Å². The minimum Gasteiger partial charge on any atom is -0.408 e. The third kappa shape index (κ3) is 3.21. The average Bonchev–Trinajstić information content (AvgIpc) is 3.39. The molecule has 8 nitrogen and oxygen atoms in total. The van der Waals surface area contributed by atoms with E-state index in [0.29, 0.717) is 6.29 Å². The molecule has 0 aliphatic heterocycles. The van der Waals surface area contributed by atoms with Crippen LogP contribution in [-0.4, -0.2) is 24.3 Å². The Kier molecular flexibility index (Phi) is 4.79. The van der Waals surface area contributed by atoms with Gasteiger partial charge in [0.15, 0.2) is 22.5 Å². The summed E-state index contributed by atoms with van der Waals surface area (Å²) >= 11 is 0.998. The summed E-state index contributed by atoms with van der Waals surface area (Å²) in [5.41, 5.74) is -1.82. The van der Waals surface area contributed by atoms with E-state index in [1.165, 1.54) is 41.9 Å². The topological polar surface area (TPSA) is 111 Å². The Hall–Kier alpha value is -3.64. The number of carbonyl (C=O) groups excluding carboxylic acids is 1. The summed E-state index contributed by atoms with van der Waals surface area (Å²) in [6, 6.07) is 5.78. The van der Waals surface area contributed by atoms with Crippen molar-refractivity contribution in [3.63, 3.8) is 0 Å². The molecule has 0 saturated heterocycles. The van der Waals surface area contributed by atoms with Gasteiger partial charge in [-0.05, 0) is 23.6 Å². The number of nitrogens with one attached hydrogen (secondary N) is 1. The smallest absolute Gasteiger partial charge is 0.408 e. The first-order chi connectivity index (χ1) is 15.8.